The molecular weight excluding hydrogens is 246 g/mol. The van der Waals surface area contributed by atoms with E-state index in [0.29, 0.717) is 18.9 Å². The van der Waals surface area contributed by atoms with Crippen LogP contribution in [0.4, 0.5) is 0 Å². The Hall–Kier alpha value is -1.57. The molecular formula is C18H23NO. The Bertz CT molecular complexity index is 534. The molecule has 1 amide bonds. The Morgan fingerprint density at radius 2 is 2.05 bits per heavy atom. The Labute approximate surface area is 121 Å². The molecule has 3 rings (SSSR count). The van der Waals surface area contributed by atoms with Gasteiger partial charge < -0.3 is 4.90 Å². The largest absolute Gasteiger partial charge is 0.312 e. The molecule has 106 valence electrons. The van der Waals surface area contributed by atoms with Crippen LogP contribution in [0.5, 0.6) is 0 Å². The number of fused-ring (bicyclic) bond motifs is 1. The quantitative estimate of drug-likeness (QED) is 0.790. The summed E-state index contributed by atoms with van der Waals surface area (Å²) in [4.78, 5) is 14.5. The van der Waals surface area contributed by atoms with Crippen molar-refractivity contribution in [2.75, 3.05) is 0 Å². The maximum Gasteiger partial charge on any atom is 0.227 e. The zero-order valence-corrected chi connectivity index (χ0v) is 12.4. The Balaban J connectivity index is 1.93. The number of benzene rings is 1. The van der Waals surface area contributed by atoms with Crippen LogP contribution in [0.25, 0.3) is 0 Å². The second-order valence-electron chi connectivity index (χ2n) is 6.47. The van der Waals surface area contributed by atoms with E-state index >= 15 is 0 Å². The minimum absolute atomic E-state index is 0.181. The first-order valence-corrected chi connectivity index (χ1v) is 7.66. The zero-order valence-electron chi connectivity index (χ0n) is 12.4. The van der Waals surface area contributed by atoms with Crippen LogP contribution in [0, 0.1) is 11.3 Å². The number of hydrogen-bond acceptors (Lipinski definition) is 1. The second kappa shape index (κ2) is 5.08. The molecule has 1 aromatic rings. The molecule has 2 atom stereocenters. The minimum Gasteiger partial charge on any atom is -0.312 e. The summed E-state index contributed by atoms with van der Waals surface area (Å²) in [6, 6.07) is 10.3. The van der Waals surface area contributed by atoms with Gasteiger partial charge in [0.1, 0.15) is 0 Å². The fourth-order valence-electron chi connectivity index (χ4n) is 3.66. The van der Waals surface area contributed by atoms with Gasteiger partial charge in [0.25, 0.3) is 0 Å². The zero-order chi connectivity index (χ0) is 14.2. The Kier molecular flexibility index (Phi) is 3.41. The van der Waals surface area contributed by atoms with Crippen LogP contribution in [-0.2, 0) is 11.3 Å². The van der Waals surface area contributed by atoms with Crippen molar-refractivity contribution in [3.05, 3.63) is 47.7 Å². The third-order valence-electron chi connectivity index (χ3n) is 5.17. The summed E-state index contributed by atoms with van der Waals surface area (Å²) < 4.78 is 0. The molecule has 2 nitrogen and oxygen atoms in total. The van der Waals surface area contributed by atoms with Gasteiger partial charge in [0.2, 0.25) is 5.91 Å². The van der Waals surface area contributed by atoms with E-state index in [1.54, 1.807) is 0 Å². The van der Waals surface area contributed by atoms with E-state index in [2.05, 4.69) is 32.1 Å². The van der Waals surface area contributed by atoms with E-state index in [0.717, 1.165) is 6.42 Å². The summed E-state index contributed by atoms with van der Waals surface area (Å²) in [5.41, 5.74) is 2.67. The lowest BCUT2D eigenvalue weighted by atomic mass is 9.65. The molecule has 2 heteroatoms. The van der Waals surface area contributed by atoms with Crippen molar-refractivity contribution in [2.24, 2.45) is 11.3 Å². The average molecular weight is 269 g/mol. The molecule has 1 aromatic carbocycles. The number of likely N-dealkylation sites (tertiary alicyclic amines) is 1. The van der Waals surface area contributed by atoms with Gasteiger partial charge in [-0.25, -0.2) is 0 Å². The molecule has 1 heterocycles. The lowest BCUT2D eigenvalue weighted by molar-refractivity contribution is -0.136. The standard InChI is InChI=1S/C18H23NO/c1-14-12-17(20)19(13-15-8-4-3-5-9-15)16-10-6-7-11-18(14,16)2/h3-5,8-10,14H,6-7,11-13H2,1-2H3/t14-,18-/m1/s1. The van der Waals surface area contributed by atoms with Gasteiger partial charge in [-0.15, -0.1) is 0 Å². The fraction of sp³-hybridized carbons (Fsp3) is 0.500. The predicted octanol–water partition coefficient (Wildman–Crippen LogP) is 4.13. The van der Waals surface area contributed by atoms with Crippen molar-refractivity contribution in [1.82, 2.24) is 4.90 Å². The normalized spacial score (nSPS) is 29.9. The highest BCUT2D eigenvalue weighted by Gasteiger charge is 2.45. The Morgan fingerprint density at radius 3 is 2.80 bits per heavy atom. The van der Waals surface area contributed by atoms with Crippen molar-refractivity contribution in [1.29, 1.82) is 0 Å². The van der Waals surface area contributed by atoms with Crippen molar-refractivity contribution in [3.8, 4) is 0 Å². The van der Waals surface area contributed by atoms with E-state index in [4.69, 9.17) is 0 Å². The Morgan fingerprint density at radius 1 is 1.30 bits per heavy atom. The van der Waals surface area contributed by atoms with Crippen LogP contribution in [0.2, 0.25) is 0 Å². The number of carbonyl (C=O) groups is 1. The van der Waals surface area contributed by atoms with E-state index in [1.807, 2.05) is 23.1 Å². The summed E-state index contributed by atoms with van der Waals surface area (Å²) in [5, 5.41) is 0. The number of hydrogen-bond donors (Lipinski definition) is 0. The lowest BCUT2D eigenvalue weighted by Gasteiger charge is -2.49. The highest BCUT2D eigenvalue weighted by molar-refractivity contribution is 5.80. The summed E-state index contributed by atoms with van der Waals surface area (Å²) >= 11 is 0. The third-order valence-corrected chi connectivity index (χ3v) is 5.17. The van der Waals surface area contributed by atoms with Crippen LogP contribution in [0.15, 0.2) is 42.1 Å². The first-order chi connectivity index (χ1) is 9.61. The number of amides is 1. The number of allylic oxidation sites excluding steroid dienone is 2. The smallest absolute Gasteiger partial charge is 0.227 e. The highest BCUT2D eigenvalue weighted by atomic mass is 16.2. The van der Waals surface area contributed by atoms with E-state index < -0.39 is 0 Å². The van der Waals surface area contributed by atoms with Gasteiger partial charge in [0.05, 0.1) is 6.54 Å². The summed E-state index contributed by atoms with van der Waals surface area (Å²) in [6.45, 7) is 5.29. The molecule has 1 aliphatic carbocycles. The van der Waals surface area contributed by atoms with Gasteiger partial charge in [-0.2, -0.15) is 0 Å². The van der Waals surface area contributed by atoms with Gasteiger partial charge in [-0.3, -0.25) is 4.79 Å². The lowest BCUT2D eigenvalue weighted by Crippen LogP contribution is -2.48. The summed E-state index contributed by atoms with van der Waals surface area (Å²) in [6.07, 6.45) is 6.55. The molecule has 0 unspecified atom stereocenters. The number of piperidine rings is 1. The molecule has 0 bridgehead atoms. The highest BCUT2D eigenvalue weighted by Crippen LogP contribution is 2.49. The molecule has 2 aliphatic rings. The van der Waals surface area contributed by atoms with Crippen molar-refractivity contribution >= 4 is 5.91 Å². The first kappa shape index (κ1) is 13.4. The molecule has 1 fully saturated rings. The van der Waals surface area contributed by atoms with Gasteiger partial charge in [-0.05, 0) is 30.7 Å². The van der Waals surface area contributed by atoms with Crippen LogP contribution in [0.3, 0.4) is 0 Å². The van der Waals surface area contributed by atoms with Crippen LogP contribution < -0.4 is 0 Å². The maximum atomic E-state index is 12.5. The van der Waals surface area contributed by atoms with Gasteiger partial charge in [-0.1, -0.05) is 50.3 Å². The predicted molar refractivity (Wildman–Crippen MR) is 80.8 cm³/mol. The van der Waals surface area contributed by atoms with Crippen LogP contribution >= 0.6 is 0 Å². The fourth-order valence-corrected chi connectivity index (χ4v) is 3.66. The van der Waals surface area contributed by atoms with Crippen molar-refractivity contribution in [3.63, 3.8) is 0 Å². The van der Waals surface area contributed by atoms with E-state index in [-0.39, 0.29) is 11.3 Å². The van der Waals surface area contributed by atoms with Crippen LogP contribution in [-0.4, -0.2) is 10.8 Å². The van der Waals surface area contributed by atoms with E-state index in [9.17, 15) is 4.79 Å². The van der Waals surface area contributed by atoms with Crippen molar-refractivity contribution in [2.45, 2.75) is 46.1 Å². The van der Waals surface area contributed by atoms with Crippen molar-refractivity contribution < 1.29 is 4.79 Å². The minimum atomic E-state index is 0.181. The summed E-state index contributed by atoms with van der Waals surface area (Å²) in [5.74, 6) is 0.737. The number of carbonyl (C=O) groups excluding carboxylic acids is 1. The molecule has 0 N–H and O–H groups in total. The maximum absolute atomic E-state index is 12.5. The molecule has 1 aliphatic heterocycles. The third kappa shape index (κ3) is 2.17. The topological polar surface area (TPSA) is 20.3 Å². The monoisotopic (exact) mass is 269 g/mol. The molecule has 20 heavy (non-hydrogen) atoms. The van der Waals surface area contributed by atoms with Gasteiger partial charge in [0.15, 0.2) is 0 Å². The molecule has 1 saturated heterocycles. The molecule has 0 saturated carbocycles. The average Bonchev–Trinajstić information content (AvgIpc) is 2.45. The molecule has 0 radical (unpaired) electrons. The van der Waals surface area contributed by atoms with Crippen LogP contribution in [0.1, 0.15) is 45.1 Å². The number of rotatable bonds is 2. The molecule has 0 spiro atoms. The summed E-state index contributed by atoms with van der Waals surface area (Å²) in [7, 11) is 0. The van der Waals surface area contributed by atoms with E-state index in [1.165, 1.54) is 24.1 Å². The van der Waals surface area contributed by atoms with Gasteiger partial charge in [0, 0.05) is 17.5 Å². The SMILES string of the molecule is C[C@@H]1CC(=O)N(Cc2ccccc2)C2=CCCC[C@@]21C. The number of nitrogens with zero attached hydrogens (tertiary/aromatic N) is 1. The molecule has 0 aromatic heterocycles. The van der Waals surface area contributed by atoms with Gasteiger partial charge >= 0.3 is 0 Å². The first-order valence-electron chi connectivity index (χ1n) is 7.66. The second-order valence-corrected chi connectivity index (χ2v) is 6.47.